The number of thiophene rings is 1. The molecule has 0 saturated heterocycles. The van der Waals surface area contributed by atoms with Crippen LogP contribution in [0.25, 0.3) is 10.2 Å². The Hall–Kier alpha value is -1.89. The second-order valence-electron chi connectivity index (χ2n) is 5.23. The molecule has 21 heavy (non-hydrogen) atoms. The summed E-state index contributed by atoms with van der Waals surface area (Å²) in [6.45, 7) is 2.65. The van der Waals surface area contributed by atoms with Crippen LogP contribution >= 0.6 is 11.3 Å². The molecule has 2 heterocycles. The summed E-state index contributed by atoms with van der Waals surface area (Å²) >= 11 is 1.63. The highest BCUT2D eigenvalue weighted by molar-refractivity contribution is 7.18. The van der Waals surface area contributed by atoms with Crippen LogP contribution in [-0.4, -0.2) is 28.5 Å². The third kappa shape index (κ3) is 3.41. The number of carbonyl (C=O) groups is 1. The number of hydrogen-bond acceptors (Lipinski definition) is 6. The van der Waals surface area contributed by atoms with Gasteiger partial charge >= 0.3 is 0 Å². The van der Waals surface area contributed by atoms with Gasteiger partial charge in [0.15, 0.2) is 0 Å². The zero-order valence-corrected chi connectivity index (χ0v) is 12.8. The van der Waals surface area contributed by atoms with E-state index in [4.69, 9.17) is 5.73 Å². The Bertz CT molecular complexity index is 665. The van der Waals surface area contributed by atoms with Crippen molar-refractivity contribution in [3.8, 4) is 0 Å². The number of amides is 1. The summed E-state index contributed by atoms with van der Waals surface area (Å²) < 4.78 is 0. The maximum absolute atomic E-state index is 11.7. The number of rotatable bonds is 6. The molecule has 0 atom stereocenters. The molecule has 2 aromatic rings. The van der Waals surface area contributed by atoms with Crippen molar-refractivity contribution in [2.75, 3.05) is 17.6 Å². The predicted octanol–water partition coefficient (Wildman–Crippen LogP) is 1.92. The maximum Gasteiger partial charge on any atom is 0.223 e. The van der Waals surface area contributed by atoms with E-state index in [2.05, 4.69) is 33.6 Å². The molecule has 0 aromatic carbocycles. The van der Waals surface area contributed by atoms with Gasteiger partial charge in [-0.25, -0.2) is 4.98 Å². The molecule has 1 aliphatic carbocycles. The predicted molar refractivity (Wildman–Crippen MR) is 85.5 cm³/mol. The van der Waals surface area contributed by atoms with Gasteiger partial charge in [-0.2, -0.15) is 4.98 Å². The average molecular weight is 305 g/mol. The Labute approximate surface area is 127 Å². The van der Waals surface area contributed by atoms with Crippen molar-refractivity contribution in [2.24, 2.45) is 0 Å². The average Bonchev–Trinajstić information content (AvgIpc) is 3.15. The van der Waals surface area contributed by atoms with Crippen LogP contribution in [0.1, 0.15) is 31.1 Å². The van der Waals surface area contributed by atoms with Crippen molar-refractivity contribution < 1.29 is 4.79 Å². The molecule has 1 amide bonds. The number of aromatic nitrogens is 2. The Balaban J connectivity index is 1.67. The summed E-state index contributed by atoms with van der Waals surface area (Å²) in [6.07, 6.45) is 3.62. The first kappa shape index (κ1) is 14.1. The van der Waals surface area contributed by atoms with Crippen LogP contribution in [0.5, 0.6) is 0 Å². The standard InChI is InChI=1S/C14H19N5OS/c1-2-9-7-10-12(18-14(15)19-13(10)21-9)16-6-5-11(20)17-8-3-4-8/h7-8H,2-6H2,1H3,(H,17,20)(H3,15,16,18,19). The molecule has 0 aliphatic heterocycles. The van der Waals surface area contributed by atoms with E-state index in [0.29, 0.717) is 24.8 Å². The van der Waals surface area contributed by atoms with E-state index < -0.39 is 0 Å². The van der Waals surface area contributed by atoms with Crippen LogP contribution in [0.3, 0.4) is 0 Å². The first-order valence-corrected chi connectivity index (χ1v) is 8.06. The van der Waals surface area contributed by atoms with Crippen molar-refractivity contribution in [3.05, 3.63) is 10.9 Å². The summed E-state index contributed by atoms with van der Waals surface area (Å²) in [4.78, 5) is 22.3. The number of aryl methyl sites for hydroxylation is 1. The lowest BCUT2D eigenvalue weighted by molar-refractivity contribution is -0.120. The molecule has 0 unspecified atom stereocenters. The quantitative estimate of drug-likeness (QED) is 0.758. The van der Waals surface area contributed by atoms with Gasteiger partial charge in [-0.3, -0.25) is 4.79 Å². The molecule has 2 aromatic heterocycles. The summed E-state index contributed by atoms with van der Waals surface area (Å²) in [6, 6.07) is 2.49. The van der Waals surface area contributed by atoms with E-state index in [1.54, 1.807) is 11.3 Å². The molecule has 0 radical (unpaired) electrons. The van der Waals surface area contributed by atoms with Gasteiger partial charge in [0.05, 0.1) is 5.39 Å². The number of carbonyl (C=O) groups excluding carboxylic acids is 1. The molecular weight excluding hydrogens is 286 g/mol. The van der Waals surface area contributed by atoms with Crippen molar-refractivity contribution in [1.29, 1.82) is 0 Å². The highest BCUT2D eigenvalue weighted by Gasteiger charge is 2.22. The number of fused-ring (bicyclic) bond motifs is 1. The number of nitrogens with zero attached hydrogens (tertiary/aromatic N) is 2. The Kier molecular flexibility index (Phi) is 3.92. The van der Waals surface area contributed by atoms with Crippen LogP contribution in [0, 0.1) is 0 Å². The zero-order valence-electron chi connectivity index (χ0n) is 12.0. The van der Waals surface area contributed by atoms with Crippen LogP contribution in [-0.2, 0) is 11.2 Å². The molecule has 112 valence electrons. The lowest BCUT2D eigenvalue weighted by Gasteiger charge is -2.07. The van der Waals surface area contributed by atoms with E-state index in [9.17, 15) is 4.79 Å². The third-order valence-corrected chi connectivity index (χ3v) is 4.57. The Morgan fingerprint density at radius 3 is 3.00 bits per heavy atom. The van der Waals surface area contributed by atoms with E-state index in [-0.39, 0.29) is 11.9 Å². The van der Waals surface area contributed by atoms with Crippen LogP contribution in [0.2, 0.25) is 0 Å². The van der Waals surface area contributed by atoms with Crippen LogP contribution in [0.15, 0.2) is 6.07 Å². The van der Waals surface area contributed by atoms with Crippen molar-refractivity contribution in [3.63, 3.8) is 0 Å². The van der Waals surface area contributed by atoms with Gasteiger partial charge in [-0.1, -0.05) is 6.92 Å². The van der Waals surface area contributed by atoms with Gasteiger partial charge in [0, 0.05) is 23.9 Å². The summed E-state index contributed by atoms with van der Waals surface area (Å²) in [5, 5.41) is 7.15. The molecule has 7 heteroatoms. The van der Waals surface area contributed by atoms with Gasteiger partial charge in [0.25, 0.3) is 0 Å². The van der Waals surface area contributed by atoms with E-state index in [0.717, 1.165) is 29.5 Å². The fraction of sp³-hybridized carbons (Fsp3) is 0.500. The number of anilines is 2. The van der Waals surface area contributed by atoms with Gasteiger partial charge in [-0.05, 0) is 25.3 Å². The largest absolute Gasteiger partial charge is 0.369 e. The second kappa shape index (κ2) is 5.85. The fourth-order valence-electron chi connectivity index (χ4n) is 2.12. The van der Waals surface area contributed by atoms with E-state index >= 15 is 0 Å². The van der Waals surface area contributed by atoms with Gasteiger partial charge in [-0.15, -0.1) is 11.3 Å². The van der Waals surface area contributed by atoms with Crippen molar-refractivity contribution in [2.45, 2.75) is 38.6 Å². The van der Waals surface area contributed by atoms with E-state index in [1.165, 1.54) is 4.88 Å². The van der Waals surface area contributed by atoms with Gasteiger partial charge in [0.2, 0.25) is 11.9 Å². The number of hydrogen-bond donors (Lipinski definition) is 3. The molecular formula is C14H19N5OS. The van der Waals surface area contributed by atoms with E-state index in [1.807, 2.05) is 0 Å². The van der Waals surface area contributed by atoms with Crippen molar-refractivity contribution >= 4 is 39.2 Å². The molecule has 1 aliphatic rings. The van der Waals surface area contributed by atoms with Gasteiger partial charge in [0.1, 0.15) is 10.6 Å². The minimum absolute atomic E-state index is 0.0860. The third-order valence-electron chi connectivity index (χ3n) is 3.40. The monoisotopic (exact) mass is 305 g/mol. The zero-order chi connectivity index (χ0) is 14.8. The normalized spacial score (nSPS) is 14.3. The molecule has 6 nitrogen and oxygen atoms in total. The first-order valence-electron chi connectivity index (χ1n) is 7.25. The second-order valence-corrected chi connectivity index (χ2v) is 6.35. The molecule has 0 bridgehead atoms. The molecule has 4 N–H and O–H groups in total. The highest BCUT2D eigenvalue weighted by atomic mass is 32.1. The maximum atomic E-state index is 11.7. The molecule has 1 saturated carbocycles. The molecule has 0 spiro atoms. The van der Waals surface area contributed by atoms with Gasteiger partial charge < -0.3 is 16.4 Å². The molecule has 3 rings (SSSR count). The highest BCUT2D eigenvalue weighted by Crippen LogP contribution is 2.29. The van der Waals surface area contributed by atoms with Crippen LogP contribution in [0.4, 0.5) is 11.8 Å². The molecule has 1 fully saturated rings. The lowest BCUT2D eigenvalue weighted by Crippen LogP contribution is -2.27. The minimum atomic E-state index is 0.0860. The fourth-order valence-corrected chi connectivity index (χ4v) is 3.09. The lowest BCUT2D eigenvalue weighted by atomic mass is 10.3. The number of nitrogens with two attached hydrogens (primary N) is 1. The van der Waals surface area contributed by atoms with Crippen LogP contribution < -0.4 is 16.4 Å². The SMILES string of the molecule is CCc1cc2c(NCCC(=O)NC3CC3)nc(N)nc2s1. The smallest absolute Gasteiger partial charge is 0.223 e. The Morgan fingerprint density at radius 1 is 1.48 bits per heavy atom. The topological polar surface area (TPSA) is 92.9 Å². The first-order chi connectivity index (χ1) is 10.2. The summed E-state index contributed by atoms with van der Waals surface area (Å²) in [5.74, 6) is 1.06. The summed E-state index contributed by atoms with van der Waals surface area (Å²) in [7, 11) is 0. The Morgan fingerprint density at radius 2 is 2.29 bits per heavy atom. The minimum Gasteiger partial charge on any atom is -0.369 e. The number of nitrogens with one attached hydrogen (secondary N) is 2. The number of nitrogen functional groups attached to an aromatic ring is 1. The van der Waals surface area contributed by atoms with Crippen molar-refractivity contribution in [1.82, 2.24) is 15.3 Å². The summed E-state index contributed by atoms with van der Waals surface area (Å²) in [5.41, 5.74) is 5.75.